The van der Waals surface area contributed by atoms with Gasteiger partial charge in [0.15, 0.2) is 0 Å². The first-order valence-electron chi connectivity index (χ1n) is 6.49. The molecule has 0 atom stereocenters. The molecule has 0 N–H and O–H groups in total. The van der Waals surface area contributed by atoms with Crippen LogP contribution in [0, 0.1) is 15.9 Å². The molecular weight excluding hydrogens is 369 g/mol. The van der Waals surface area contributed by atoms with Crippen molar-refractivity contribution in [1.82, 2.24) is 0 Å². The highest BCUT2D eigenvalue weighted by Gasteiger charge is 2.06. The number of benzene rings is 2. The molecule has 2 aromatic carbocycles. The van der Waals surface area contributed by atoms with Crippen LogP contribution in [0.2, 0.25) is 0 Å². The van der Waals surface area contributed by atoms with Crippen LogP contribution in [0.4, 0.5) is 10.1 Å². The fourth-order valence-electron chi connectivity index (χ4n) is 1.71. The van der Waals surface area contributed by atoms with E-state index in [1.165, 1.54) is 48.6 Å². The highest BCUT2D eigenvalue weighted by atomic mass is 79.9. The van der Waals surface area contributed by atoms with Crippen molar-refractivity contribution in [3.05, 3.63) is 80.1 Å². The third-order valence-corrected chi connectivity index (χ3v) is 3.39. The Bertz CT molecular complexity index is 759. The maximum atomic E-state index is 13.6. The molecule has 5 nitrogen and oxygen atoms in total. The van der Waals surface area contributed by atoms with Gasteiger partial charge in [-0.1, -0.05) is 22.0 Å². The normalized spacial score (nSPS) is 10.7. The van der Waals surface area contributed by atoms with Crippen LogP contribution in [0.5, 0.6) is 0 Å². The molecule has 2 aromatic rings. The molecule has 0 aromatic heterocycles. The molecule has 0 saturated heterocycles. The molecule has 7 heteroatoms. The number of nitro groups is 1. The van der Waals surface area contributed by atoms with Gasteiger partial charge < -0.3 is 4.74 Å². The van der Waals surface area contributed by atoms with Crippen molar-refractivity contribution >= 4 is 33.7 Å². The lowest BCUT2D eigenvalue weighted by Crippen LogP contribution is -2.02. The molecular formula is C16H11BrFNO4. The minimum Gasteiger partial charge on any atom is -0.458 e. The summed E-state index contributed by atoms with van der Waals surface area (Å²) < 4.78 is 19.1. The molecule has 0 heterocycles. The van der Waals surface area contributed by atoms with Gasteiger partial charge in [-0.15, -0.1) is 0 Å². The van der Waals surface area contributed by atoms with Crippen molar-refractivity contribution in [2.45, 2.75) is 6.61 Å². The first-order valence-corrected chi connectivity index (χ1v) is 7.28. The second kappa shape index (κ2) is 7.64. The molecule has 0 unspecified atom stereocenters. The predicted octanol–water partition coefficient (Wildman–Crippen LogP) is 4.25. The SMILES string of the molecule is O=C(/C=C/c1ccc([N+](=O)[O-])cc1)OCc1ccc(Br)cc1F. The highest BCUT2D eigenvalue weighted by Crippen LogP contribution is 2.16. The summed E-state index contributed by atoms with van der Waals surface area (Å²) in [5.41, 5.74) is 0.850. The summed E-state index contributed by atoms with van der Waals surface area (Å²) in [5, 5.41) is 10.5. The van der Waals surface area contributed by atoms with E-state index in [0.717, 1.165) is 0 Å². The molecule has 0 saturated carbocycles. The number of non-ortho nitro benzene ring substituents is 1. The number of halogens is 2. The summed E-state index contributed by atoms with van der Waals surface area (Å²) in [6.45, 7) is -0.178. The van der Waals surface area contributed by atoms with E-state index in [9.17, 15) is 19.3 Å². The van der Waals surface area contributed by atoms with E-state index in [0.29, 0.717) is 10.0 Å². The van der Waals surface area contributed by atoms with Gasteiger partial charge in [-0.05, 0) is 35.9 Å². The summed E-state index contributed by atoms with van der Waals surface area (Å²) in [7, 11) is 0. The molecule has 0 fully saturated rings. The Morgan fingerprint density at radius 3 is 2.57 bits per heavy atom. The van der Waals surface area contributed by atoms with Gasteiger partial charge >= 0.3 is 5.97 Å². The molecule has 0 bridgehead atoms. The van der Waals surface area contributed by atoms with Crippen molar-refractivity contribution < 1.29 is 18.8 Å². The van der Waals surface area contributed by atoms with Gasteiger partial charge in [-0.25, -0.2) is 9.18 Å². The Morgan fingerprint density at radius 1 is 1.26 bits per heavy atom. The average Bonchev–Trinajstić information content (AvgIpc) is 2.52. The quantitative estimate of drug-likeness (QED) is 0.337. The summed E-state index contributed by atoms with van der Waals surface area (Å²) >= 11 is 3.14. The number of esters is 1. The van der Waals surface area contributed by atoms with E-state index in [1.807, 2.05) is 0 Å². The largest absolute Gasteiger partial charge is 0.458 e. The molecule has 0 aliphatic rings. The first-order chi connectivity index (χ1) is 11.0. The maximum absolute atomic E-state index is 13.6. The fourth-order valence-corrected chi connectivity index (χ4v) is 2.04. The van der Waals surface area contributed by atoms with Crippen molar-refractivity contribution in [2.75, 3.05) is 0 Å². The molecule has 0 aliphatic carbocycles. The summed E-state index contributed by atoms with van der Waals surface area (Å²) in [6, 6.07) is 10.2. The van der Waals surface area contributed by atoms with Crippen molar-refractivity contribution in [1.29, 1.82) is 0 Å². The number of ether oxygens (including phenoxy) is 1. The Morgan fingerprint density at radius 2 is 1.96 bits per heavy atom. The monoisotopic (exact) mass is 379 g/mol. The van der Waals surface area contributed by atoms with Crippen molar-refractivity contribution in [3.8, 4) is 0 Å². The van der Waals surface area contributed by atoms with Crippen LogP contribution in [0.15, 0.2) is 53.0 Å². The molecule has 23 heavy (non-hydrogen) atoms. The standard InChI is InChI=1S/C16H11BrFNO4/c17-13-5-4-12(15(18)9-13)10-23-16(20)8-3-11-1-6-14(7-2-11)19(21)22/h1-9H,10H2/b8-3+. The number of nitrogens with zero attached hydrogens (tertiary/aromatic N) is 1. The molecule has 0 amide bonds. The third-order valence-electron chi connectivity index (χ3n) is 2.90. The molecule has 118 valence electrons. The zero-order valence-corrected chi connectivity index (χ0v) is 13.3. The van der Waals surface area contributed by atoms with Gasteiger partial charge in [0.1, 0.15) is 12.4 Å². The van der Waals surface area contributed by atoms with Gasteiger partial charge in [-0.3, -0.25) is 10.1 Å². The second-order valence-electron chi connectivity index (χ2n) is 4.53. The topological polar surface area (TPSA) is 69.4 Å². The van der Waals surface area contributed by atoms with E-state index in [2.05, 4.69) is 15.9 Å². The van der Waals surface area contributed by atoms with Crippen LogP contribution in [0.1, 0.15) is 11.1 Å². The summed E-state index contributed by atoms with van der Waals surface area (Å²) in [6.07, 6.45) is 2.64. The Balaban J connectivity index is 1.92. The van der Waals surface area contributed by atoms with Crippen LogP contribution in [-0.2, 0) is 16.1 Å². The molecule has 2 rings (SSSR count). The zero-order chi connectivity index (χ0) is 16.8. The minimum absolute atomic E-state index is 0.0320. The predicted molar refractivity (Wildman–Crippen MR) is 86.0 cm³/mol. The number of carbonyl (C=O) groups is 1. The Hall–Kier alpha value is -2.54. The fraction of sp³-hybridized carbons (Fsp3) is 0.0625. The summed E-state index contributed by atoms with van der Waals surface area (Å²) in [4.78, 5) is 21.6. The Kier molecular flexibility index (Phi) is 5.59. The van der Waals surface area contributed by atoms with Crippen molar-refractivity contribution in [3.63, 3.8) is 0 Å². The Labute approximate surface area is 139 Å². The van der Waals surface area contributed by atoms with E-state index in [-0.39, 0.29) is 17.9 Å². The zero-order valence-electron chi connectivity index (χ0n) is 11.7. The number of nitro benzene ring substituents is 1. The van der Waals surface area contributed by atoms with Gasteiger partial charge in [0.25, 0.3) is 5.69 Å². The third kappa shape index (κ3) is 5.00. The maximum Gasteiger partial charge on any atom is 0.331 e. The van der Waals surface area contributed by atoms with Gasteiger partial charge in [0.05, 0.1) is 4.92 Å². The van der Waals surface area contributed by atoms with E-state index < -0.39 is 16.7 Å². The van der Waals surface area contributed by atoms with Crippen LogP contribution in [-0.4, -0.2) is 10.9 Å². The molecule has 0 radical (unpaired) electrons. The van der Waals surface area contributed by atoms with Crippen molar-refractivity contribution in [2.24, 2.45) is 0 Å². The molecule has 0 aliphatic heterocycles. The minimum atomic E-state index is -0.634. The molecule has 0 spiro atoms. The lowest BCUT2D eigenvalue weighted by atomic mass is 10.2. The van der Waals surface area contributed by atoms with Gasteiger partial charge in [-0.2, -0.15) is 0 Å². The van der Waals surface area contributed by atoms with Crippen LogP contribution < -0.4 is 0 Å². The van der Waals surface area contributed by atoms with E-state index >= 15 is 0 Å². The van der Waals surface area contributed by atoms with Gasteiger partial charge in [0, 0.05) is 28.2 Å². The van der Waals surface area contributed by atoms with Crippen LogP contribution in [0.3, 0.4) is 0 Å². The number of carbonyl (C=O) groups excluding carboxylic acids is 1. The summed E-state index contributed by atoms with van der Waals surface area (Å²) in [5.74, 6) is -1.10. The first kappa shape index (κ1) is 16.8. The van der Waals surface area contributed by atoms with E-state index in [1.54, 1.807) is 6.07 Å². The van der Waals surface area contributed by atoms with Crippen LogP contribution in [0.25, 0.3) is 6.08 Å². The highest BCUT2D eigenvalue weighted by molar-refractivity contribution is 9.10. The lowest BCUT2D eigenvalue weighted by molar-refractivity contribution is -0.384. The van der Waals surface area contributed by atoms with E-state index in [4.69, 9.17) is 4.74 Å². The smallest absolute Gasteiger partial charge is 0.331 e. The number of hydrogen-bond donors (Lipinski definition) is 0. The van der Waals surface area contributed by atoms with Gasteiger partial charge in [0.2, 0.25) is 0 Å². The average molecular weight is 380 g/mol. The van der Waals surface area contributed by atoms with Crippen LogP contribution >= 0.6 is 15.9 Å². The lowest BCUT2D eigenvalue weighted by Gasteiger charge is -2.04. The second-order valence-corrected chi connectivity index (χ2v) is 5.44. The number of hydrogen-bond acceptors (Lipinski definition) is 4. The number of rotatable bonds is 5.